The first-order chi connectivity index (χ1) is 10.2. The Morgan fingerprint density at radius 3 is 2.86 bits per heavy atom. The first-order valence-corrected chi connectivity index (χ1v) is 7.37. The van der Waals surface area contributed by atoms with E-state index >= 15 is 0 Å². The van der Waals surface area contributed by atoms with Crippen LogP contribution in [0.25, 0.3) is 10.8 Å². The predicted molar refractivity (Wildman–Crippen MR) is 80.6 cm³/mol. The molecule has 1 aromatic heterocycles. The van der Waals surface area contributed by atoms with Gasteiger partial charge in [0.15, 0.2) is 0 Å². The van der Waals surface area contributed by atoms with Gasteiger partial charge in [0, 0.05) is 36.0 Å². The Morgan fingerprint density at radius 2 is 2.05 bits per heavy atom. The zero-order valence-corrected chi connectivity index (χ0v) is 12.0. The minimum absolute atomic E-state index is 0.0789. The highest BCUT2D eigenvalue weighted by Crippen LogP contribution is 2.37. The van der Waals surface area contributed by atoms with Crippen LogP contribution in [-0.2, 0) is 9.59 Å². The number of fused-ring (bicyclic) bond motifs is 1. The smallest absolute Gasteiger partial charge is 0.230 e. The van der Waals surface area contributed by atoms with E-state index < -0.39 is 0 Å². The Hall–Kier alpha value is -2.23. The average Bonchev–Trinajstić information content (AvgIpc) is 2.49. The van der Waals surface area contributed by atoms with Crippen LogP contribution in [0.2, 0.25) is 0 Å². The van der Waals surface area contributed by atoms with Crippen LogP contribution in [0.5, 0.6) is 0 Å². The van der Waals surface area contributed by atoms with Crippen molar-refractivity contribution in [2.45, 2.75) is 32.1 Å². The third-order valence-corrected chi connectivity index (χ3v) is 4.19. The van der Waals surface area contributed by atoms with Crippen LogP contribution in [0.15, 0.2) is 36.7 Å². The first-order valence-electron chi connectivity index (χ1n) is 7.37. The zero-order chi connectivity index (χ0) is 14.8. The number of nitrogens with one attached hydrogen (secondary N) is 1. The molecule has 2 unspecified atom stereocenters. The molecule has 0 aliphatic carbocycles. The summed E-state index contributed by atoms with van der Waals surface area (Å²) in [6.45, 7) is 2.06. The quantitative estimate of drug-likeness (QED) is 0.881. The summed E-state index contributed by atoms with van der Waals surface area (Å²) in [5.41, 5.74) is 1.01. The number of carbonyl (C=O) groups is 2. The topological polar surface area (TPSA) is 59.1 Å². The SMILES string of the molecule is CCCC1C(=O)NC(=O)CC1c1cncc2ccccc12. The number of aromatic nitrogens is 1. The number of hydrogen-bond acceptors (Lipinski definition) is 3. The predicted octanol–water partition coefficient (Wildman–Crippen LogP) is 2.78. The monoisotopic (exact) mass is 282 g/mol. The van der Waals surface area contributed by atoms with Gasteiger partial charge in [-0.15, -0.1) is 0 Å². The summed E-state index contributed by atoms with van der Waals surface area (Å²) in [7, 11) is 0. The average molecular weight is 282 g/mol. The summed E-state index contributed by atoms with van der Waals surface area (Å²) in [6.07, 6.45) is 5.68. The van der Waals surface area contributed by atoms with Crippen molar-refractivity contribution in [3.63, 3.8) is 0 Å². The molecule has 3 rings (SSSR count). The lowest BCUT2D eigenvalue weighted by Gasteiger charge is -2.30. The van der Waals surface area contributed by atoms with Gasteiger partial charge in [0.2, 0.25) is 11.8 Å². The molecule has 1 aliphatic rings. The Morgan fingerprint density at radius 1 is 1.24 bits per heavy atom. The van der Waals surface area contributed by atoms with Gasteiger partial charge in [-0.1, -0.05) is 37.6 Å². The van der Waals surface area contributed by atoms with E-state index in [4.69, 9.17) is 0 Å². The standard InChI is InChI=1S/C17H18N2O2/c1-2-5-13-14(8-16(20)19-17(13)21)15-10-18-9-11-6-3-4-7-12(11)15/h3-4,6-7,9-10,13-14H,2,5,8H2,1H3,(H,19,20,21). The second-order valence-corrected chi connectivity index (χ2v) is 5.57. The number of amides is 2. The molecule has 1 aromatic carbocycles. The molecule has 4 heteroatoms. The third-order valence-electron chi connectivity index (χ3n) is 4.19. The molecule has 0 bridgehead atoms. The summed E-state index contributed by atoms with van der Waals surface area (Å²) < 4.78 is 0. The summed E-state index contributed by atoms with van der Waals surface area (Å²) in [5, 5.41) is 4.59. The highest BCUT2D eigenvalue weighted by Gasteiger charge is 2.36. The molecule has 21 heavy (non-hydrogen) atoms. The number of nitrogens with zero attached hydrogens (tertiary/aromatic N) is 1. The molecule has 4 nitrogen and oxygen atoms in total. The van der Waals surface area contributed by atoms with Gasteiger partial charge in [-0.2, -0.15) is 0 Å². The van der Waals surface area contributed by atoms with E-state index in [9.17, 15) is 9.59 Å². The van der Waals surface area contributed by atoms with Gasteiger partial charge >= 0.3 is 0 Å². The van der Waals surface area contributed by atoms with Gasteiger partial charge in [-0.05, 0) is 17.4 Å². The number of carbonyl (C=O) groups excluding carboxylic acids is 2. The number of imide groups is 1. The summed E-state index contributed by atoms with van der Waals surface area (Å²) in [5.74, 6) is -0.568. The molecule has 0 radical (unpaired) electrons. The van der Waals surface area contributed by atoms with E-state index in [1.807, 2.05) is 36.7 Å². The fourth-order valence-corrected chi connectivity index (χ4v) is 3.21. The number of benzene rings is 1. The van der Waals surface area contributed by atoms with Crippen molar-refractivity contribution in [1.82, 2.24) is 10.3 Å². The van der Waals surface area contributed by atoms with Crippen molar-refractivity contribution < 1.29 is 9.59 Å². The number of piperidine rings is 1. The minimum atomic E-state index is -0.190. The first kappa shape index (κ1) is 13.7. The zero-order valence-electron chi connectivity index (χ0n) is 12.0. The lowest BCUT2D eigenvalue weighted by atomic mass is 9.77. The highest BCUT2D eigenvalue weighted by molar-refractivity contribution is 6.00. The van der Waals surface area contributed by atoms with Crippen LogP contribution >= 0.6 is 0 Å². The van der Waals surface area contributed by atoms with Crippen molar-refractivity contribution in [2.75, 3.05) is 0 Å². The fraction of sp³-hybridized carbons (Fsp3) is 0.353. The van der Waals surface area contributed by atoms with Crippen LogP contribution in [0.3, 0.4) is 0 Å². The van der Waals surface area contributed by atoms with Gasteiger partial charge in [0.1, 0.15) is 0 Å². The minimum Gasteiger partial charge on any atom is -0.296 e. The Balaban J connectivity index is 2.09. The largest absolute Gasteiger partial charge is 0.296 e. The lowest BCUT2D eigenvalue weighted by Crippen LogP contribution is -2.44. The maximum atomic E-state index is 12.2. The van der Waals surface area contributed by atoms with Crippen LogP contribution in [-0.4, -0.2) is 16.8 Å². The van der Waals surface area contributed by atoms with E-state index in [0.717, 1.165) is 29.2 Å². The van der Waals surface area contributed by atoms with E-state index in [1.165, 1.54) is 0 Å². The molecule has 1 aliphatic heterocycles. The van der Waals surface area contributed by atoms with Crippen molar-refractivity contribution >= 4 is 22.6 Å². The van der Waals surface area contributed by atoms with E-state index in [0.29, 0.717) is 6.42 Å². The maximum absolute atomic E-state index is 12.2. The third kappa shape index (κ3) is 2.53. The molecule has 2 atom stereocenters. The summed E-state index contributed by atoms with van der Waals surface area (Å²) in [6, 6.07) is 7.99. The molecule has 0 saturated carbocycles. The molecule has 2 amide bonds. The molecule has 0 spiro atoms. The highest BCUT2D eigenvalue weighted by atomic mass is 16.2. The lowest BCUT2D eigenvalue weighted by molar-refractivity contribution is -0.137. The normalized spacial score (nSPS) is 22.3. The molecule has 108 valence electrons. The summed E-state index contributed by atoms with van der Waals surface area (Å²) >= 11 is 0. The number of pyridine rings is 1. The van der Waals surface area contributed by atoms with E-state index in [2.05, 4.69) is 17.2 Å². The van der Waals surface area contributed by atoms with Gasteiger partial charge in [0.05, 0.1) is 0 Å². The number of rotatable bonds is 3. The van der Waals surface area contributed by atoms with Crippen molar-refractivity contribution in [3.05, 3.63) is 42.2 Å². The Kier molecular flexibility index (Phi) is 3.69. The molecule has 2 heterocycles. The molecule has 1 saturated heterocycles. The van der Waals surface area contributed by atoms with Gasteiger partial charge in [-0.25, -0.2) is 0 Å². The van der Waals surface area contributed by atoms with Crippen LogP contribution < -0.4 is 5.32 Å². The van der Waals surface area contributed by atoms with E-state index in [1.54, 1.807) is 0 Å². The second kappa shape index (κ2) is 5.64. The molecular weight excluding hydrogens is 264 g/mol. The molecular formula is C17H18N2O2. The molecule has 1 fully saturated rings. The van der Waals surface area contributed by atoms with Crippen molar-refractivity contribution in [3.8, 4) is 0 Å². The molecule has 1 N–H and O–H groups in total. The van der Waals surface area contributed by atoms with Crippen molar-refractivity contribution in [1.29, 1.82) is 0 Å². The van der Waals surface area contributed by atoms with Crippen molar-refractivity contribution in [2.24, 2.45) is 5.92 Å². The van der Waals surface area contributed by atoms with Crippen LogP contribution in [0.4, 0.5) is 0 Å². The van der Waals surface area contributed by atoms with Gasteiger partial charge < -0.3 is 0 Å². The molecule has 2 aromatic rings. The second-order valence-electron chi connectivity index (χ2n) is 5.57. The fourth-order valence-electron chi connectivity index (χ4n) is 3.21. The Labute approximate surface area is 123 Å². The maximum Gasteiger partial charge on any atom is 0.230 e. The van der Waals surface area contributed by atoms with Gasteiger partial charge in [-0.3, -0.25) is 19.9 Å². The van der Waals surface area contributed by atoms with Gasteiger partial charge in [0.25, 0.3) is 0 Å². The Bertz CT molecular complexity index is 691. The number of hydrogen-bond donors (Lipinski definition) is 1. The van der Waals surface area contributed by atoms with E-state index in [-0.39, 0.29) is 23.7 Å². The summed E-state index contributed by atoms with van der Waals surface area (Å²) in [4.78, 5) is 28.2. The van der Waals surface area contributed by atoms with Crippen LogP contribution in [0.1, 0.15) is 37.7 Å². The van der Waals surface area contributed by atoms with Crippen LogP contribution in [0, 0.1) is 5.92 Å².